The average molecular weight is 816 g/mol. The number of aromatic nitrogens is 5. The fourth-order valence-corrected chi connectivity index (χ4v) is 9.00. The number of hydrogen-bond donors (Lipinski definition) is 4. The molecule has 4 amide bonds. The predicted octanol–water partition coefficient (Wildman–Crippen LogP) is 7.35. The van der Waals surface area contributed by atoms with Crippen LogP contribution in [0.5, 0.6) is 0 Å². The third kappa shape index (κ3) is 7.41. The number of hydrogen-bond acceptors (Lipinski definition) is 8. The molecular formula is C45H53N9O6. The topological polar surface area (TPSA) is 180 Å². The Labute approximate surface area is 348 Å². The van der Waals surface area contributed by atoms with Crippen LogP contribution >= 0.6 is 0 Å². The van der Waals surface area contributed by atoms with E-state index in [0.717, 1.165) is 92.6 Å². The largest absolute Gasteiger partial charge is 0.453 e. The molecule has 314 valence electrons. The van der Waals surface area contributed by atoms with Crippen molar-refractivity contribution < 1.29 is 28.7 Å². The summed E-state index contributed by atoms with van der Waals surface area (Å²) in [5.74, 6) is 0.939. The monoisotopic (exact) mass is 815 g/mol. The van der Waals surface area contributed by atoms with Crippen molar-refractivity contribution in [3.63, 3.8) is 0 Å². The summed E-state index contributed by atoms with van der Waals surface area (Å²) in [6.45, 7) is 8.80. The minimum absolute atomic E-state index is 0.118. The first-order valence-electron chi connectivity index (χ1n) is 20.7. The molecule has 0 bridgehead atoms. The van der Waals surface area contributed by atoms with Crippen molar-refractivity contribution in [2.75, 3.05) is 27.3 Å². The second kappa shape index (κ2) is 16.3. The quantitative estimate of drug-likeness (QED) is 0.111. The van der Waals surface area contributed by atoms with E-state index in [-0.39, 0.29) is 35.7 Å². The average Bonchev–Trinajstić information content (AvgIpc) is 4.10. The third-order valence-corrected chi connectivity index (χ3v) is 12.1. The van der Waals surface area contributed by atoms with Gasteiger partial charge in [0.05, 0.1) is 53.9 Å². The van der Waals surface area contributed by atoms with Gasteiger partial charge in [-0.15, -0.1) is 0 Å². The number of alkyl carbamates (subject to hydrolysis) is 2. The number of carbonyl (C=O) groups is 4. The van der Waals surface area contributed by atoms with Crippen molar-refractivity contribution in [2.45, 2.75) is 77.5 Å². The lowest BCUT2D eigenvalue weighted by Crippen LogP contribution is -2.51. The molecule has 4 atom stereocenters. The van der Waals surface area contributed by atoms with E-state index in [1.165, 1.54) is 14.2 Å². The van der Waals surface area contributed by atoms with Crippen LogP contribution in [0.15, 0.2) is 60.8 Å². The minimum atomic E-state index is -0.703. The normalized spacial score (nSPS) is 17.9. The second-order valence-corrected chi connectivity index (χ2v) is 16.7. The van der Waals surface area contributed by atoms with Gasteiger partial charge in [0.1, 0.15) is 23.7 Å². The fraction of sp³-hybridized carbons (Fsp3) is 0.422. The maximum absolute atomic E-state index is 13.7. The van der Waals surface area contributed by atoms with Gasteiger partial charge in [0.15, 0.2) is 0 Å². The number of imidazole rings is 2. The van der Waals surface area contributed by atoms with Crippen molar-refractivity contribution >= 4 is 57.0 Å². The third-order valence-electron chi connectivity index (χ3n) is 12.1. The summed E-state index contributed by atoms with van der Waals surface area (Å²) in [6.07, 6.45) is 4.04. The molecule has 2 aliphatic heterocycles. The number of H-pyrrole nitrogens is 2. The van der Waals surface area contributed by atoms with Crippen molar-refractivity contribution in [2.24, 2.45) is 18.9 Å². The van der Waals surface area contributed by atoms with Crippen LogP contribution in [0.4, 0.5) is 9.59 Å². The SMILES string of the molecule is COC(=O)N[C@H](C(=O)N1CCCC1c1nc2ccc(-c3ccc(-c4ccc5nc([C@@H]6CCCN6C(=O)[C@@H](NC(=O)OC)C(C)C)[nH]c5c4)c4ccn(C)c34)cc2[nH]1)C(C)C. The number of amides is 4. The number of fused-ring (bicyclic) bond motifs is 3. The van der Waals surface area contributed by atoms with Crippen molar-refractivity contribution in [3.8, 4) is 22.3 Å². The van der Waals surface area contributed by atoms with Gasteiger partial charge in [0.2, 0.25) is 11.8 Å². The van der Waals surface area contributed by atoms with Crippen molar-refractivity contribution in [1.82, 2.24) is 44.9 Å². The molecule has 0 spiro atoms. The molecule has 2 saturated heterocycles. The lowest BCUT2D eigenvalue weighted by atomic mass is 9.95. The summed E-state index contributed by atoms with van der Waals surface area (Å²) < 4.78 is 11.7. The van der Waals surface area contributed by atoms with Gasteiger partial charge in [-0.05, 0) is 84.5 Å². The van der Waals surface area contributed by atoms with E-state index in [2.05, 4.69) is 80.9 Å². The molecule has 15 heteroatoms. The Morgan fingerprint density at radius 3 is 1.62 bits per heavy atom. The summed E-state index contributed by atoms with van der Waals surface area (Å²) >= 11 is 0. The van der Waals surface area contributed by atoms with E-state index in [1.54, 1.807) is 0 Å². The molecule has 2 aliphatic rings. The van der Waals surface area contributed by atoms with Gasteiger partial charge in [0.25, 0.3) is 0 Å². The van der Waals surface area contributed by atoms with E-state index in [0.29, 0.717) is 13.1 Å². The lowest BCUT2D eigenvalue weighted by Gasteiger charge is -2.29. The maximum Gasteiger partial charge on any atom is 0.407 e. The Morgan fingerprint density at radius 2 is 1.15 bits per heavy atom. The zero-order valence-electron chi connectivity index (χ0n) is 35.2. The molecule has 8 rings (SSSR count). The van der Waals surface area contributed by atoms with E-state index >= 15 is 0 Å². The van der Waals surface area contributed by atoms with Crippen LogP contribution < -0.4 is 10.6 Å². The van der Waals surface area contributed by atoms with Crippen LogP contribution in [0.1, 0.15) is 77.1 Å². The molecule has 4 N–H and O–H groups in total. The Balaban J connectivity index is 1.06. The number of methoxy groups -OCH3 is 2. The number of nitrogens with zero attached hydrogens (tertiary/aromatic N) is 5. The highest BCUT2D eigenvalue weighted by molar-refractivity contribution is 6.05. The Hall–Kier alpha value is -6.38. The zero-order chi connectivity index (χ0) is 42.4. The summed E-state index contributed by atoms with van der Waals surface area (Å²) in [5, 5.41) is 6.54. The van der Waals surface area contributed by atoms with E-state index in [4.69, 9.17) is 19.4 Å². The molecule has 0 aliphatic carbocycles. The minimum Gasteiger partial charge on any atom is -0.453 e. The van der Waals surface area contributed by atoms with Crippen LogP contribution in [-0.2, 0) is 26.1 Å². The van der Waals surface area contributed by atoms with Gasteiger partial charge in [-0.1, -0.05) is 52.0 Å². The van der Waals surface area contributed by atoms with Crippen LogP contribution in [0.25, 0.3) is 55.2 Å². The van der Waals surface area contributed by atoms with Gasteiger partial charge < -0.3 is 44.4 Å². The number of carbonyl (C=O) groups excluding carboxylic acids is 4. The number of aryl methyl sites for hydroxylation is 1. The summed E-state index contributed by atoms with van der Waals surface area (Å²) in [4.78, 5) is 72.2. The number of benzene rings is 3. The maximum atomic E-state index is 13.7. The molecule has 0 saturated carbocycles. The molecule has 2 fully saturated rings. The van der Waals surface area contributed by atoms with Gasteiger partial charge >= 0.3 is 12.2 Å². The first-order chi connectivity index (χ1) is 28.9. The Kier molecular flexibility index (Phi) is 11.0. The van der Waals surface area contributed by atoms with E-state index < -0.39 is 24.3 Å². The summed E-state index contributed by atoms with van der Waals surface area (Å²) in [6, 6.07) is 17.0. The number of ether oxygens (including phenoxy) is 2. The molecule has 3 aromatic carbocycles. The molecule has 60 heavy (non-hydrogen) atoms. The Bertz CT molecular complexity index is 2610. The standard InChI is InChI=1S/C45H53N9O6/c1-24(2)37(50-44(57)59-6)42(55)53-19-8-10-35(53)40-46-31-16-12-26(22-33(31)48-40)28-14-15-29(39-30(28)18-21-52(39)5)27-13-17-32-34(23-27)49-41(47-32)36-11-9-20-54(36)43(56)38(25(3)4)51-45(58)60-7/h12-18,21-25,35-38H,8-11,19-20H2,1-7H3,(H,46,48)(H,47,49)(H,50,57)(H,51,58)/t35-,36?,37-,38-/m0/s1. The van der Waals surface area contributed by atoms with Crippen molar-refractivity contribution in [3.05, 3.63) is 72.4 Å². The first kappa shape index (κ1) is 40.4. The van der Waals surface area contributed by atoms with Crippen molar-refractivity contribution in [1.29, 1.82) is 0 Å². The molecule has 15 nitrogen and oxygen atoms in total. The summed E-state index contributed by atoms with van der Waals surface area (Å²) in [7, 11) is 4.64. The number of rotatable bonds is 10. The summed E-state index contributed by atoms with van der Waals surface area (Å²) in [5.41, 5.74) is 8.69. The predicted molar refractivity (Wildman–Crippen MR) is 229 cm³/mol. The van der Waals surface area contributed by atoms with Crippen LogP contribution in [0.2, 0.25) is 0 Å². The smallest absolute Gasteiger partial charge is 0.407 e. The Morgan fingerprint density at radius 1 is 0.683 bits per heavy atom. The molecule has 0 radical (unpaired) electrons. The van der Waals surface area contributed by atoms with E-state index in [1.807, 2.05) is 49.6 Å². The van der Waals surface area contributed by atoms with E-state index in [9.17, 15) is 19.2 Å². The fourth-order valence-electron chi connectivity index (χ4n) is 9.00. The van der Waals surface area contributed by atoms with Gasteiger partial charge in [-0.25, -0.2) is 19.6 Å². The number of likely N-dealkylation sites (tertiary alicyclic amines) is 2. The van der Waals surface area contributed by atoms with Gasteiger partial charge in [-0.3, -0.25) is 9.59 Å². The molecular weight excluding hydrogens is 763 g/mol. The highest BCUT2D eigenvalue weighted by atomic mass is 16.5. The van der Waals surface area contributed by atoms with Crippen LogP contribution in [0, 0.1) is 11.8 Å². The highest BCUT2D eigenvalue weighted by Gasteiger charge is 2.39. The molecule has 3 aromatic heterocycles. The van der Waals surface area contributed by atoms with Gasteiger partial charge in [0, 0.05) is 37.3 Å². The molecule has 1 unspecified atom stereocenters. The van der Waals surface area contributed by atoms with Crippen LogP contribution in [-0.4, -0.2) is 97.7 Å². The number of nitrogens with one attached hydrogen (secondary N) is 4. The number of aromatic amines is 2. The molecule has 5 heterocycles. The zero-order valence-corrected chi connectivity index (χ0v) is 35.2. The highest BCUT2D eigenvalue weighted by Crippen LogP contribution is 2.39. The second-order valence-electron chi connectivity index (χ2n) is 16.7. The molecule has 6 aromatic rings. The van der Waals surface area contributed by atoms with Crippen LogP contribution in [0.3, 0.4) is 0 Å². The lowest BCUT2D eigenvalue weighted by molar-refractivity contribution is -0.136. The van der Waals surface area contributed by atoms with Gasteiger partial charge in [-0.2, -0.15) is 0 Å². The first-order valence-corrected chi connectivity index (χ1v) is 20.7.